The largest absolute Gasteiger partial charge is 0.497 e. The molecule has 9 heteroatoms. The van der Waals surface area contributed by atoms with Gasteiger partial charge in [0.15, 0.2) is 5.82 Å². The van der Waals surface area contributed by atoms with Crippen LogP contribution in [0.5, 0.6) is 5.75 Å². The van der Waals surface area contributed by atoms with Crippen LogP contribution in [0.25, 0.3) is 10.9 Å². The summed E-state index contributed by atoms with van der Waals surface area (Å²) in [6.07, 6.45) is 0. The van der Waals surface area contributed by atoms with Gasteiger partial charge in [-0.3, -0.25) is 9.69 Å². The van der Waals surface area contributed by atoms with E-state index < -0.39 is 0 Å². The van der Waals surface area contributed by atoms with E-state index in [1.165, 1.54) is 5.56 Å². The fourth-order valence-corrected chi connectivity index (χ4v) is 4.52. The number of rotatable bonds is 11. The Morgan fingerprint density at radius 2 is 1.83 bits per heavy atom. The van der Waals surface area contributed by atoms with Gasteiger partial charge in [-0.05, 0) is 53.1 Å². The van der Waals surface area contributed by atoms with E-state index in [-0.39, 0.29) is 17.5 Å². The number of aryl methyl sites for hydroxylation is 1. The molecule has 0 saturated heterocycles. The zero-order valence-corrected chi connectivity index (χ0v) is 21.6. The highest BCUT2D eigenvalue weighted by atomic mass is 16.5. The van der Waals surface area contributed by atoms with Gasteiger partial charge in [-0.25, -0.2) is 4.68 Å². The maximum atomic E-state index is 13.1. The first-order valence-electron chi connectivity index (χ1n) is 12.1. The third kappa shape index (κ3) is 5.80. The topological polar surface area (TPSA) is 98.2 Å². The van der Waals surface area contributed by atoms with Crippen molar-refractivity contribution in [2.24, 2.45) is 5.92 Å². The molecule has 0 unspecified atom stereocenters. The van der Waals surface area contributed by atoms with Gasteiger partial charge in [0.05, 0.1) is 26.3 Å². The van der Waals surface area contributed by atoms with Gasteiger partial charge in [0.25, 0.3) is 5.56 Å². The van der Waals surface area contributed by atoms with Crippen LogP contribution in [0, 0.1) is 12.8 Å². The van der Waals surface area contributed by atoms with Gasteiger partial charge in [-0.1, -0.05) is 43.7 Å². The SMILES string of the molecule is COCCn1nnnc1[C@@H](C(C)C)N(Cc1ccc(C)cc1)Cc1cc2cc(OC)ccc2[nH]c1=O. The number of methoxy groups -OCH3 is 2. The number of aromatic amines is 1. The van der Waals surface area contributed by atoms with Crippen LogP contribution in [-0.2, 0) is 24.4 Å². The Morgan fingerprint density at radius 3 is 2.53 bits per heavy atom. The van der Waals surface area contributed by atoms with Crippen LogP contribution >= 0.6 is 0 Å². The van der Waals surface area contributed by atoms with Gasteiger partial charge in [-0.15, -0.1) is 5.10 Å². The second-order valence-corrected chi connectivity index (χ2v) is 9.41. The molecule has 0 bridgehead atoms. The number of tetrazole rings is 1. The molecule has 4 rings (SSSR count). The number of aromatic nitrogens is 5. The van der Waals surface area contributed by atoms with E-state index in [1.807, 2.05) is 24.3 Å². The molecular weight excluding hydrogens is 456 g/mol. The van der Waals surface area contributed by atoms with E-state index in [0.717, 1.165) is 28.0 Å². The van der Waals surface area contributed by atoms with Crippen LogP contribution in [-0.4, -0.2) is 50.9 Å². The van der Waals surface area contributed by atoms with Gasteiger partial charge < -0.3 is 14.5 Å². The molecule has 0 aliphatic carbocycles. The fraction of sp³-hybridized carbons (Fsp3) is 0.407. The fourth-order valence-electron chi connectivity index (χ4n) is 4.52. The number of hydrogen-bond donors (Lipinski definition) is 1. The van der Waals surface area contributed by atoms with Crippen LogP contribution in [0.4, 0.5) is 0 Å². The van der Waals surface area contributed by atoms with Gasteiger partial charge in [-0.2, -0.15) is 0 Å². The summed E-state index contributed by atoms with van der Waals surface area (Å²) >= 11 is 0. The molecule has 0 aliphatic heterocycles. The highest BCUT2D eigenvalue weighted by molar-refractivity contribution is 5.80. The third-order valence-electron chi connectivity index (χ3n) is 6.36. The summed E-state index contributed by atoms with van der Waals surface area (Å²) in [5.74, 6) is 1.69. The average Bonchev–Trinajstić information content (AvgIpc) is 3.32. The molecule has 4 aromatic rings. The number of pyridine rings is 1. The zero-order chi connectivity index (χ0) is 25.7. The Balaban J connectivity index is 1.76. The number of nitrogens with zero attached hydrogens (tertiary/aromatic N) is 5. The lowest BCUT2D eigenvalue weighted by Crippen LogP contribution is -2.35. The molecule has 2 aromatic carbocycles. The number of hydrogen-bond acceptors (Lipinski definition) is 7. The van der Waals surface area contributed by atoms with Crippen molar-refractivity contribution in [3.8, 4) is 5.75 Å². The van der Waals surface area contributed by atoms with Crippen LogP contribution in [0.2, 0.25) is 0 Å². The molecule has 190 valence electrons. The molecule has 0 spiro atoms. The van der Waals surface area contributed by atoms with Crippen molar-refractivity contribution < 1.29 is 9.47 Å². The predicted octanol–water partition coefficient (Wildman–Crippen LogP) is 3.88. The molecule has 36 heavy (non-hydrogen) atoms. The van der Waals surface area contributed by atoms with Gasteiger partial charge in [0, 0.05) is 36.7 Å². The average molecular weight is 491 g/mol. The van der Waals surface area contributed by atoms with E-state index in [1.54, 1.807) is 18.9 Å². The van der Waals surface area contributed by atoms with E-state index in [2.05, 4.69) is 70.4 Å². The van der Waals surface area contributed by atoms with Gasteiger partial charge in [0.2, 0.25) is 0 Å². The summed E-state index contributed by atoms with van der Waals surface area (Å²) in [5, 5.41) is 13.5. The summed E-state index contributed by atoms with van der Waals surface area (Å²) in [6, 6.07) is 15.9. The number of H-pyrrole nitrogens is 1. The highest BCUT2D eigenvalue weighted by Crippen LogP contribution is 2.30. The first kappa shape index (κ1) is 25.5. The van der Waals surface area contributed by atoms with Gasteiger partial charge in [0.1, 0.15) is 5.75 Å². The molecule has 0 fully saturated rings. The van der Waals surface area contributed by atoms with Crippen molar-refractivity contribution in [3.63, 3.8) is 0 Å². The summed E-state index contributed by atoms with van der Waals surface area (Å²) in [4.78, 5) is 18.4. The summed E-state index contributed by atoms with van der Waals surface area (Å²) in [6.45, 7) is 8.50. The lowest BCUT2D eigenvalue weighted by atomic mass is 9.99. The quantitative estimate of drug-likeness (QED) is 0.341. The van der Waals surface area contributed by atoms with Crippen LogP contribution < -0.4 is 10.3 Å². The van der Waals surface area contributed by atoms with Crippen LogP contribution in [0.1, 0.15) is 42.4 Å². The van der Waals surface area contributed by atoms with E-state index in [9.17, 15) is 4.79 Å². The lowest BCUT2D eigenvalue weighted by Gasteiger charge is -2.33. The standard InChI is InChI=1S/C27H34N6O3/c1-18(2)25(26-29-30-31-33(26)12-13-35-4)32(16-20-8-6-19(3)7-9-20)17-22-14-21-15-23(36-5)10-11-24(21)28-27(22)34/h6-11,14-15,18,25H,12-13,16-17H2,1-5H3,(H,28,34)/t25-/m1/s1. The van der Waals surface area contributed by atoms with E-state index >= 15 is 0 Å². The molecule has 1 N–H and O–H groups in total. The number of nitrogens with one attached hydrogen (secondary N) is 1. The Bertz CT molecular complexity index is 1350. The maximum Gasteiger partial charge on any atom is 0.252 e. The van der Waals surface area contributed by atoms with Crippen molar-refractivity contribution >= 4 is 10.9 Å². The van der Waals surface area contributed by atoms with Crippen molar-refractivity contribution in [2.45, 2.75) is 46.4 Å². The second-order valence-electron chi connectivity index (χ2n) is 9.41. The molecule has 1 atom stereocenters. The van der Waals surface area contributed by atoms with Crippen LogP contribution in [0.15, 0.2) is 53.3 Å². The minimum Gasteiger partial charge on any atom is -0.497 e. The molecule has 0 radical (unpaired) electrons. The molecule has 0 amide bonds. The van der Waals surface area contributed by atoms with E-state index in [4.69, 9.17) is 9.47 Å². The summed E-state index contributed by atoms with van der Waals surface area (Å²) < 4.78 is 12.4. The van der Waals surface area contributed by atoms with E-state index in [0.29, 0.717) is 31.8 Å². The minimum absolute atomic E-state index is 0.108. The Labute approximate surface area is 211 Å². The van der Waals surface area contributed by atoms with Crippen molar-refractivity contribution in [1.82, 2.24) is 30.1 Å². The van der Waals surface area contributed by atoms with Crippen LogP contribution in [0.3, 0.4) is 0 Å². The van der Waals surface area contributed by atoms with Crippen molar-refractivity contribution in [3.05, 3.63) is 81.4 Å². The second kappa shape index (κ2) is 11.5. The smallest absolute Gasteiger partial charge is 0.252 e. The lowest BCUT2D eigenvalue weighted by molar-refractivity contribution is 0.121. The molecular formula is C27H34N6O3. The van der Waals surface area contributed by atoms with Gasteiger partial charge >= 0.3 is 0 Å². The molecule has 0 aliphatic rings. The first-order chi connectivity index (χ1) is 17.4. The summed E-state index contributed by atoms with van der Waals surface area (Å²) in [5.41, 5.74) is 3.70. The Kier molecular flexibility index (Phi) is 8.12. The normalized spacial score (nSPS) is 12.5. The Morgan fingerprint density at radius 1 is 1.06 bits per heavy atom. The Hall–Kier alpha value is -3.56. The minimum atomic E-state index is -0.126. The number of benzene rings is 2. The van der Waals surface area contributed by atoms with Crippen molar-refractivity contribution in [1.29, 1.82) is 0 Å². The predicted molar refractivity (Wildman–Crippen MR) is 139 cm³/mol. The third-order valence-corrected chi connectivity index (χ3v) is 6.36. The molecule has 0 saturated carbocycles. The highest BCUT2D eigenvalue weighted by Gasteiger charge is 2.30. The molecule has 9 nitrogen and oxygen atoms in total. The number of ether oxygens (including phenoxy) is 2. The summed E-state index contributed by atoms with van der Waals surface area (Å²) in [7, 11) is 3.30. The maximum absolute atomic E-state index is 13.1. The van der Waals surface area contributed by atoms with Crippen molar-refractivity contribution in [2.75, 3.05) is 20.8 Å². The monoisotopic (exact) mass is 490 g/mol. The number of fused-ring (bicyclic) bond motifs is 1. The zero-order valence-electron chi connectivity index (χ0n) is 21.6. The first-order valence-corrected chi connectivity index (χ1v) is 12.1. The molecule has 2 aromatic heterocycles. The molecule has 2 heterocycles.